The van der Waals surface area contributed by atoms with E-state index >= 15 is 0 Å². The zero-order valence-electron chi connectivity index (χ0n) is 16.9. The molecule has 0 fully saturated rings. The minimum Gasteiger partial charge on any atom is -0.326 e. The first-order chi connectivity index (χ1) is 14.8. The second kappa shape index (κ2) is 10.0. The van der Waals surface area contributed by atoms with E-state index < -0.39 is 22.0 Å². The van der Waals surface area contributed by atoms with Crippen LogP contribution >= 0.6 is 0 Å². The van der Waals surface area contributed by atoms with Gasteiger partial charge in [0, 0.05) is 18.3 Å². The summed E-state index contributed by atoms with van der Waals surface area (Å²) in [5.74, 6) is -0.746. The molecule has 7 nitrogen and oxygen atoms in total. The molecule has 2 amide bonds. The molecule has 1 atom stereocenters. The fourth-order valence-corrected chi connectivity index (χ4v) is 4.22. The average molecular weight is 438 g/mol. The van der Waals surface area contributed by atoms with Gasteiger partial charge in [-0.3, -0.25) is 9.59 Å². The molecular formula is C23H23N3O4S. The van der Waals surface area contributed by atoms with Crippen molar-refractivity contribution < 1.29 is 18.0 Å². The highest BCUT2D eigenvalue weighted by Crippen LogP contribution is 2.17. The number of nitrogens with one attached hydrogen (secondary N) is 3. The molecule has 8 heteroatoms. The molecule has 3 rings (SSSR count). The standard InChI is InChI=1S/C23H23N3O4S/c1-17(27)24-19-11-8-12-20(16-19)25-23(28)22(15-18-9-4-2-5-10-18)26-31(29,30)21-13-6-3-7-14-21/h2-14,16,22,26H,15H2,1H3,(H,24,27)(H,25,28)/t22-/m1/s1. The molecule has 0 aromatic heterocycles. The van der Waals surface area contributed by atoms with Gasteiger partial charge in [0.05, 0.1) is 4.90 Å². The van der Waals surface area contributed by atoms with E-state index in [-0.39, 0.29) is 17.2 Å². The predicted octanol–water partition coefficient (Wildman–Crippen LogP) is 3.17. The molecule has 0 radical (unpaired) electrons. The van der Waals surface area contributed by atoms with Crippen LogP contribution in [0, 0.1) is 0 Å². The number of hydrogen-bond donors (Lipinski definition) is 3. The molecule has 3 N–H and O–H groups in total. The van der Waals surface area contributed by atoms with E-state index in [9.17, 15) is 18.0 Å². The maximum absolute atomic E-state index is 13.0. The maximum Gasteiger partial charge on any atom is 0.242 e. The molecule has 0 unspecified atom stereocenters. The van der Waals surface area contributed by atoms with Crippen molar-refractivity contribution in [2.75, 3.05) is 10.6 Å². The van der Waals surface area contributed by atoms with Crippen molar-refractivity contribution in [3.63, 3.8) is 0 Å². The van der Waals surface area contributed by atoms with Gasteiger partial charge in [0.25, 0.3) is 0 Å². The van der Waals surface area contributed by atoms with Gasteiger partial charge in [0.15, 0.2) is 0 Å². The zero-order chi connectivity index (χ0) is 22.3. The molecule has 0 spiro atoms. The van der Waals surface area contributed by atoms with Gasteiger partial charge >= 0.3 is 0 Å². The molecule has 0 heterocycles. The molecule has 0 saturated heterocycles. The number of carbonyl (C=O) groups excluding carboxylic acids is 2. The number of amides is 2. The molecular weight excluding hydrogens is 414 g/mol. The van der Waals surface area contributed by atoms with Gasteiger partial charge in [-0.25, -0.2) is 8.42 Å². The monoisotopic (exact) mass is 437 g/mol. The summed E-state index contributed by atoms with van der Waals surface area (Å²) in [6, 6.07) is 22.6. The van der Waals surface area contributed by atoms with Crippen LogP contribution in [0.15, 0.2) is 89.8 Å². The van der Waals surface area contributed by atoms with E-state index in [4.69, 9.17) is 0 Å². The summed E-state index contributed by atoms with van der Waals surface area (Å²) in [5.41, 5.74) is 1.77. The fraction of sp³-hybridized carbons (Fsp3) is 0.130. The van der Waals surface area contributed by atoms with Gasteiger partial charge in [0.2, 0.25) is 21.8 Å². The Hall–Kier alpha value is -3.49. The molecule has 3 aromatic rings. The van der Waals surface area contributed by atoms with E-state index in [2.05, 4.69) is 15.4 Å². The van der Waals surface area contributed by atoms with Crippen molar-refractivity contribution in [2.24, 2.45) is 0 Å². The van der Waals surface area contributed by atoms with Crippen molar-refractivity contribution in [1.82, 2.24) is 4.72 Å². The molecule has 0 saturated carbocycles. The lowest BCUT2D eigenvalue weighted by atomic mass is 10.1. The van der Waals surface area contributed by atoms with E-state index in [0.29, 0.717) is 11.4 Å². The van der Waals surface area contributed by atoms with Crippen molar-refractivity contribution in [1.29, 1.82) is 0 Å². The third kappa shape index (κ3) is 6.50. The summed E-state index contributed by atoms with van der Waals surface area (Å²) in [7, 11) is -3.91. The van der Waals surface area contributed by atoms with E-state index in [1.165, 1.54) is 19.1 Å². The van der Waals surface area contributed by atoms with Crippen LogP contribution in [0.3, 0.4) is 0 Å². The van der Waals surface area contributed by atoms with Crippen LogP contribution in [0.1, 0.15) is 12.5 Å². The summed E-state index contributed by atoms with van der Waals surface area (Å²) in [5, 5.41) is 5.38. The largest absolute Gasteiger partial charge is 0.326 e. The zero-order valence-corrected chi connectivity index (χ0v) is 17.7. The summed E-state index contributed by atoms with van der Waals surface area (Å²) in [4.78, 5) is 24.4. The highest BCUT2D eigenvalue weighted by atomic mass is 32.2. The summed E-state index contributed by atoms with van der Waals surface area (Å²) in [6.45, 7) is 1.39. The lowest BCUT2D eigenvalue weighted by molar-refractivity contribution is -0.117. The predicted molar refractivity (Wildman–Crippen MR) is 120 cm³/mol. The molecule has 31 heavy (non-hydrogen) atoms. The molecule has 0 aliphatic rings. The Morgan fingerprint density at radius 2 is 1.39 bits per heavy atom. The lowest BCUT2D eigenvalue weighted by Crippen LogP contribution is -2.45. The van der Waals surface area contributed by atoms with Gasteiger partial charge < -0.3 is 10.6 Å². The summed E-state index contributed by atoms with van der Waals surface area (Å²) < 4.78 is 28.2. The Morgan fingerprint density at radius 3 is 2.00 bits per heavy atom. The molecule has 0 aliphatic heterocycles. The van der Waals surface area contributed by atoms with Crippen LogP contribution in [-0.2, 0) is 26.0 Å². The van der Waals surface area contributed by atoms with Gasteiger partial charge in [-0.2, -0.15) is 4.72 Å². The van der Waals surface area contributed by atoms with Gasteiger partial charge in [-0.05, 0) is 42.3 Å². The first-order valence-electron chi connectivity index (χ1n) is 9.63. The van der Waals surface area contributed by atoms with Crippen molar-refractivity contribution in [2.45, 2.75) is 24.3 Å². The van der Waals surface area contributed by atoms with Crippen LogP contribution in [0.5, 0.6) is 0 Å². The Balaban J connectivity index is 1.83. The number of hydrogen-bond acceptors (Lipinski definition) is 4. The van der Waals surface area contributed by atoms with Gasteiger partial charge in [-0.15, -0.1) is 0 Å². The Labute approximate surface area is 181 Å². The van der Waals surface area contributed by atoms with Crippen LogP contribution in [-0.4, -0.2) is 26.3 Å². The quantitative estimate of drug-likeness (QED) is 0.503. The van der Waals surface area contributed by atoms with Crippen LogP contribution < -0.4 is 15.4 Å². The van der Waals surface area contributed by atoms with E-state index in [1.54, 1.807) is 42.5 Å². The van der Waals surface area contributed by atoms with Gasteiger partial charge in [-0.1, -0.05) is 54.6 Å². The Morgan fingerprint density at radius 1 is 0.806 bits per heavy atom. The van der Waals surface area contributed by atoms with E-state index in [1.807, 2.05) is 30.3 Å². The number of rotatable bonds is 8. The topological polar surface area (TPSA) is 104 Å². The van der Waals surface area contributed by atoms with Crippen molar-refractivity contribution in [3.8, 4) is 0 Å². The number of sulfonamides is 1. The highest BCUT2D eigenvalue weighted by Gasteiger charge is 2.26. The first-order valence-corrected chi connectivity index (χ1v) is 11.1. The normalized spacial score (nSPS) is 12.0. The third-order valence-electron chi connectivity index (χ3n) is 4.40. The minimum absolute atomic E-state index is 0.0773. The smallest absolute Gasteiger partial charge is 0.242 e. The lowest BCUT2D eigenvalue weighted by Gasteiger charge is -2.19. The maximum atomic E-state index is 13.0. The van der Waals surface area contributed by atoms with Crippen molar-refractivity contribution >= 4 is 33.2 Å². The molecule has 0 bridgehead atoms. The van der Waals surface area contributed by atoms with E-state index in [0.717, 1.165) is 5.56 Å². The SMILES string of the molecule is CC(=O)Nc1cccc(NC(=O)[C@@H](Cc2ccccc2)NS(=O)(=O)c2ccccc2)c1. The molecule has 160 valence electrons. The molecule has 0 aliphatic carbocycles. The second-order valence-electron chi connectivity index (χ2n) is 6.93. The van der Waals surface area contributed by atoms with Crippen LogP contribution in [0.25, 0.3) is 0 Å². The Bertz CT molecular complexity index is 1150. The number of anilines is 2. The fourth-order valence-electron chi connectivity index (χ4n) is 3.00. The molecule has 3 aromatic carbocycles. The highest BCUT2D eigenvalue weighted by molar-refractivity contribution is 7.89. The third-order valence-corrected chi connectivity index (χ3v) is 5.89. The van der Waals surface area contributed by atoms with Crippen LogP contribution in [0.4, 0.5) is 11.4 Å². The van der Waals surface area contributed by atoms with Crippen LogP contribution in [0.2, 0.25) is 0 Å². The van der Waals surface area contributed by atoms with Gasteiger partial charge in [0.1, 0.15) is 6.04 Å². The number of carbonyl (C=O) groups is 2. The average Bonchev–Trinajstić information content (AvgIpc) is 2.74. The second-order valence-corrected chi connectivity index (χ2v) is 8.64. The first kappa shape index (κ1) is 22.2. The summed E-state index contributed by atoms with van der Waals surface area (Å²) in [6.07, 6.45) is 0.171. The Kier molecular flexibility index (Phi) is 7.17. The number of benzene rings is 3. The minimum atomic E-state index is -3.91. The van der Waals surface area contributed by atoms with Crippen molar-refractivity contribution in [3.05, 3.63) is 90.5 Å². The summed E-state index contributed by atoms with van der Waals surface area (Å²) >= 11 is 0.